The standard InChI is InChI=1S/C11H12FNO2/c1-8-5-9(12)7-10(6-8)13-4-2-3-11(14)15/h2-3,5-7,13H,4H2,1H3,(H,14,15)/b3-2+. The molecule has 0 aliphatic rings. The van der Waals surface area contributed by atoms with Crippen LogP contribution in [-0.4, -0.2) is 17.6 Å². The van der Waals surface area contributed by atoms with Crippen molar-refractivity contribution in [2.24, 2.45) is 0 Å². The van der Waals surface area contributed by atoms with Crippen LogP contribution in [0.4, 0.5) is 10.1 Å². The van der Waals surface area contributed by atoms with Crippen molar-refractivity contribution in [3.63, 3.8) is 0 Å². The van der Waals surface area contributed by atoms with Crippen LogP contribution in [0.15, 0.2) is 30.4 Å². The molecule has 1 aromatic carbocycles. The Kier molecular flexibility index (Phi) is 3.85. The second-order valence-corrected chi connectivity index (χ2v) is 3.14. The Bertz CT molecular complexity index is 368. The van der Waals surface area contributed by atoms with Crippen LogP contribution >= 0.6 is 0 Å². The zero-order valence-corrected chi connectivity index (χ0v) is 8.33. The molecule has 0 bridgehead atoms. The molecule has 1 aromatic rings. The van der Waals surface area contributed by atoms with Gasteiger partial charge in [-0.2, -0.15) is 0 Å². The number of rotatable bonds is 4. The SMILES string of the molecule is Cc1cc(F)cc(NC/C=C/C(=O)O)c1. The van der Waals surface area contributed by atoms with Gasteiger partial charge in [-0.3, -0.25) is 0 Å². The molecule has 80 valence electrons. The van der Waals surface area contributed by atoms with Gasteiger partial charge >= 0.3 is 5.97 Å². The van der Waals surface area contributed by atoms with Crippen LogP contribution in [0.5, 0.6) is 0 Å². The van der Waals surface area contributed by atoms with Gasteiger partial charge < -0.3 is 10.4 Å². The molecule has 0 atom stereocenters. The molecule has 0 aromatic heterocycles. The van der Waals surface area contributed by atoms with Crippen molar-refractivity contribution in [1.29, 1.82) is 0 Å². The van der Waals surface area contributed by atoms with Crippen LogP contribution in [0, 0.1) is 12.7 Å². The maximum absolute atomic E-state index is 12.9. The van der Waals surface area contributed by atoms with E-state index < -0.39 is 5.97 Å². The molecule has 4 heteroatoms. The van der Waals surface area contributed by atoms with Crippen LogP contribution in [0.1, 0.15) is 5.56 Å². The van der Waals surface area contributed by atoms with Crippen LogP contribution < -0.4 is 5.32 Å². The molecule has 0 heterocycles. The summed E-state index contributed by atoms with van der Waals surface area (Å²) in [5.41, 5.74) is 1.46. The van der Waals surface area contributed by atoms with Crippen molar-refractivity contribution in [2.45, 2.75) is 6.92 Å². The third kappa shape index (κ3) is 4.26. The number of carboxylic acids is 1. The zero-order chi connectivity index (χ0) is 11.3. The van der Waals surface area contributed by atoms with E-state index in [0.29, 0.717) is 12.2 Å². The zero-order valence-electron chi connectivity index (χ0n) is 8.33. The third-order valence-corrected chi connectivity index (χ3v) is 1.73. The smallest absolute Gasteiger partial charge is 0.328 e. The predicted octanol–water partition coefficient (Wildman–Crippen LogP) is 2.19. The maximum atomic E-state index is 12.9. The second-order valence-electron chi connectivity index (χ2n) is 3.14. The van der Waals surface area contributed by atoms with Crippen LogP contribution in [-0.2, 0) is 4.79 Å². The molecule has 3 nitrogen and oxygen atoms in total. The van der Waals surface area contributed by atoms with Gasteiger partial charge in [0.05, 0.1) is 0 Å². The van der Waals surface area contributed by atoms with Crippen molar-refractivity contribution in [2.75, 3.05) is 11.9 Å². The minimum Gasteiger partial charge on any atom is -0.478 e. The third-order valence-electron chi connectivity index (χ3n) is 1.73. The summed E-state index contributed by atoms with van der Waals surface area (Å²) in [5.74, 6) is -1.30. The highest BCUT2D eigenvalue weighted by molar-refractivity contribution is 5.79. The maximum Gasteiger partial charge on any atom is 0.328 e. The number of halogens is 1. The minimum atomic E-state index is -0.993. The molecule has 0 saturated heterocycles. The average Bonchev–Trinajstić information content (AvgIpc) is 2.10. The van der Waals surface area contributed by atoms with E-state index in [-0.39, 0.29) is 5.82 Å². The molecule has 1 rings (SSSR count). The number of benzene rings is 1. The molecular formula is C11H12FNO2. The first-order valence-corrected chi connectivity index (χ1v) is 4.48. The number of hydrogen-bond acceptors (Lipinski definition) is 2. The first kappa shape index (κ1) is 11.2. The van der Waals surface area contributed by atoms with E-state index in [1.807, 2.05) is 0 Å². The van der Waals surface area contributed by atoms with Crippen LogP contribution in [0.3, 0.4) is 0 Å². The first-order chi connectivity index (χ1) is 7.08. The largest absolute Gasteiger partial charge is 0.478 e. The van der Waals surface area contributed by atoms with E-state index in [4.69, 9.17) is 5.11 Å². The first-order valence-electron chi connectivity index (χ1n) is 4.48. The fourth-order valence-corrected chi connectivity index (χ4v) is 1.17. The molecule has 0 amide bonds. The van der Waals surface area contributed by atoms with E-state index in [1.54, 1.807) is 13.0 Å². The Labute approximate surface area is 87.2 Å². The molecule has 2 N–H and O–H groups in total. The minimum absolute atomic E-state index is 0.306. The highest BCUT2D eigenvalue weighted by atomic mass is 19.1. The number of anilines is 1. The predicted molar refractivity (Wildman–Crippen MR) is 56.4 cm³/mol. The van der Waals surface area contributed by atoms with E-state index >= 15 is 0 Å². The molecule has 0 unspecified atom stereocenters. The quantitative estimate of drug-likeness (QED) is 0.747. The lowest BCUT2D eigenvalue weighted by Gasteiger charge is -2.04. The fourth-order valence-electron chi connectivity index (χ4n) is 1.17. The summed E-state index contributed by atoms with van der Waals surface area (Å²) in [6.45, 7) is 2.15. The van der Waals surface area contributed by atoms with E-state index in [2.05, 4.69) is 5.32 Å². The van der Waals surface area contributed by atoms with Gasteiger partial charge in [-0.25, -0.2) is 9.18 Å². The molecular weight excluding hydrogens is 197 g/mol. The number of aryl methyl sites for hydroxylation is 1. The summed E-state index contributed by atoms with van der Waals surface area (Å²) in [4.78, 5) is 10.1. The molecule has 15 heavy (non-hydrogen) atoms. The molecule has 0 aliphatic heterocycles. The van der Waals surface area contributed by atoms with Crippen molar-refractivity contribution in [3.8, 4) is 0 Å². The summed E-state index contributed by atoms with van der Waals surface area (Å²) in [6, 6.07) is 4.58. The summed E-state index contributed by atoms with van der Waals surface area (Å²) in [7, 11) is 0. The Morgan fingerprint density at radius 3 is 2.87 bits per heavy atom. The van der Waals surface area contributed by atoms with Gasteiger partial charge in [0.2, 0.25) is 0 Å². The normalized spacial score (nSPS) is 10.5. The molecule has 0 aliphatic carbocycles. The van der Waals surface area contributed by atoms with Gasteiger partial charge in [0, 0.05) is 18.3 Å². The summed E-state index contributed by atoms with van der Waals surface area (Å²) in [5, 5.41) is 11.2. The van der Waals surface area contributed by atoms with Crippen molar-refractivity contribution >= 4 is 11.7 Å². The molecule has 0 saturated carbocycles. The Morgan fingerprint density at radius 1 is 1.53 bits per heavy atom. The van der Waals surface area contributed by atoms with Gasteiger partial charge in [-0.05, 0) is 30.7 Å². The Balaban J connectivity index is 2.54. The lowest BCUT2D eigenvalue weighted by Crippen LogP contribution is -2.00. The van der Waals surface area contributed by atoms with Gasteiger partial charge in [0.15, 0.2) is 0 Å². The number of aliphatic carboxylic acids is 1. The molecule has 0 fully saturated rings. The van der Waals surface area contributed by atoms with Crippen LogP contribution in [0.25, 0.3) is 0 Å². The highest BCUT2D eigenvalue weighted by Crippen LogP contribution is 2.12. The molecule has 0 spiro atoms. The average molecular weight is 209 g/mol. The van der Waals surface area contributed by atoms with Gasteiger partial charge in [0.25, 0.3) is 0 Å². The number of hydrogen-bond donors (Lipinski definition) is 2. The summed E-state index contributed by atoms with van der Waals surface area (Å²) in [6.07, 6.45) is 2.50. The number of carboxylic acid groups (broad SMARTS) is 1. The Morgan fingerprint density at radius 2 is 2.27 bits per heavy atom. The van der Waals surface area contributed by atoms with Crippen molar-refractivity contribution in [1.82, 2.24) is 0 Å². The topological polar surface area (TPSA) is 49.3 Å². The van der Waals surface area contributed by atoms with Gasteiger partial charge in [-0.15, -0.1) is 0 Å². The van der Waals surface area contributed by atoms with E-state index in [9.17, 15) is 9.18 Å². The van der Waals surface area contributed by atoms with E-state index in [0.717, 1.165) is 11.6 Å². The summed E-state index contributed by atoms with van der Waals surface area (Å²) >= 11 is 0. The number of carbonyl (C=O) groups is 1. The molecule has 0 radical (unpaired) electrons. The van der Waals surface area contributed by atoms with Crippen molar-refractivity contribution in [3.05, 3.63) is 41.7 Å². The van der Waals surface area contributed by atoms with Crippen LogP contribution in [0.2, 0.25) is 0 Å². The highest BCUT2D eigenvalue weighted by Gasteiger charge is 1.96. The Hall–Kier alpha value is -1.84. The lowest BCUT2D eigenvalue weighted by atomic mass is 10.2. The van der Waals surface area contributed by atoms with Gasteiger partial charge in [-0.1, -0.05) is 6.08 Å². The summed E-state index contributed by atoms with van der Waals surface area (Å²) < 4.78 is 12.9. The lowest BCUT2D eigenvalue weighted by molar-refractivity contribution is -0.131. The van der Waals surface area contributed by atoms with Crippen molar-refractivity contribution < 1.29 is 14.3 Å². The fraction of sp³-hybridized carbons (Fsp3) is 0.182. The second kappa shape index (κ2) is 5.14. The number of nitrogens with one attached hydrogen (secondary N) is 1. The monoisotopic (exact) mass is 209 g/mol. The van der Waals surface area contributed by atoms with E-state index in [1.165, 1.54) is 18.2 Å². The van der Waals surface area contributed by atoms with Gasteiger partial charge in [0.1, 0.15) is 5.82 Å².